The van der Waals surface area contributed by atoms with Crippen molar-refractivity contribution in [2.24, 2.45) is 0 Å². The molecule has 0 saturated heterocycles. The van der Waals surface area contributed by atoms with Crippen molar-refractivity contribution in [3.63, 3.8) is 0 Å². The maximum absolute atomic E-state index is 9.36. The minimum absolute atomic E-state index is 0.491. The van der Waals surface area contributed by atoms with Crippen LogP contribution in [0.2, 0.25) is 0 Å². The lowest BCUT2D eigenvalue weighted by molar-refractivity contribution is 0.436. The number of rotatable bonds is 6. The summed E-state index contributed by atoms with van der Waals surface area (Å²) in [4.78, 5) is 2.17. The van der Waals surface area contributed by atoms with E-state index in [0.717, 1.165) is 111 Å². The van der Waals surface area contributed by atoms with Gasteiger partial charge in [-0.25, -0.2) is 0 Å². The molecule has 0 fully saturated rings. The molecule has 2 spiro atoms. The number of thiophene rings is 1. The topological polar surface area (TPSA) is 81.2 Å². The second-order valence-electron chi connectivity index (χ2n) is 21.4. The second kappa shape index (κ2) is 17.7. The van der Waals surface area contributed by atoms with E-state index in [4.69, 9.17) is 24.1 Å². The number of fused-ring (bicyclic) bond motifs is 18. The van der Waals surface area contributed by atoms with E-state index in [1.54, 1.807) is 11.3 Å². The Hall–Kier alpha value is -10.7. The number of furan rings is 1. The van der Waals surface area contributed by atoms with Crippen LogP contribution in [0.15, 0.2) is 265 Å². The SMILES string of the molecule is N#Cc1ccc(-c2ccc(-c3ccc4c(c3)Oc3cc(-c5ccc(-c6ccc(-c7ccc(-c8ccc9c(c8)Oc8ccccc8C98c9ccccc9-c9ccccc98)s7)nn6)cc5)ccc3C43c4ccccc4-c4ccccc43)o2)cc1. The zero-order valence-electron chi connectivity index (χ0n) is 43.8. The number of benzene rings is 10. The van der Waals surface area contributed by atoms with Crippen molar-refractivity contribution in [1.29, 1.82) is 5.26 Å². The first-order valence-corrected chi connectivity index (χ1v) is 28.3. The fourth-order valence-corrected chi connectivity index (χ4v) is 14.7. The van der Waals surface area contributed by atoms with Crippen LogP contribution in [0.3, 0.4) is 0 Å². The van der Waals surface area contributed by atoms with Gasteiger partial charge in [0.05, 0.1) is 33.0 Å². The maximum Gasteiger partial charge on any atom is 0.134 e. The Morgan fingerprint density at radius 1 is 0.317 bits per heavy atom. The van der Waals surface area contributed by atoms with E-state index in [2.05, 4.69) is 231 Å². The van der Waals surface area contributed by atoms with E-state index in [0.29, 0.717) is 5.56 Å². The highest BCUT2D eigenvalue weighted by molar-refractivity contribution is 7.18. The van der Waals surface area contributed by atoms with Gasteiger partial charge in [-0.3, -0.25) is 0 Å². The molecule has 0 unspecified atom stereocenters. The van der Waals surface area contributed by atoms with E-state index in [1.807, 2.05) is 36.4 Å². The summed E-state index contributed by atoms with van der Waals surface area (Å²) in [5.41, 5.74) is 21.6. The number of hydrogen-bond acceptors (Lipinski definition) is 7. The van der Waals surface area contributed by atoms with Gasteiger partial charge in [0, 0.05) is 43.8 Å². The Morgan fingerprint density at radius 2 is 0.732 bits per heavy atom. The first-order chi connectivity index (χ1) is 40.5. The highest BCUT2D eigenvalue weighted by atomic mass is 32.1. The van der Waals surface area contributed by atoms with Gasteiger partial charge < -0.3 is 13.9 Å². The molecule has 382 valence electrons. The monoisotopic (exact) mass is 1070 g/mol. The van der Waals surface area contributed by atoms with Gasteiger partial charge >= 0.3 is 0 Å². The van der Waals surface area contributed by atoms with Crippen LogP contribution in [0, 0.1) is 11.3 Å². The Labute approximate surface area is 477 Å². The molecule has 3 aromatic heterocycles. The van der Waals surface area contributed by atoms with Crippen LogP contribution in [0.5, 0.6) is 23.0 Å². The van der Waals surface area contributed by atoms with Crippen LogP contribution >= 0.6 is 11.3 Å². The van der Waals surface area contributed by atoms with Gasteiger partial charge in [0.2, 0.25) is 0 Å². The van der Waals surface area contributed by atoms with Crippen LogP contribution in [0.25, 0.3) is 88.3 Å². The molecule has 82 heavy (non-hydrogen) atoms. The molecule has 13 aromatic rings. The van der Waals surface area contributed by atoms with Crippen LogP contribution < -0.4 is 9.47 Å². The number of para-hydroxylation sites is 1. The summed E-state index contributed by atoms with van der Waals surface area (Å²) >= 11 is 1.70. The molecule has 0 saturated carbocycles. The number of aromatic nitrogens is 2. The highest BCUT2D eigenvalue weighted by Crippen LogP contribution is 2.64. The van der Waals surface area contributed by atoms with Gasteiger partial charge in [-0.15, -0.1) is 21.5 Å². The summed E-state index contributed by atoms with van der Waals surface area (Å²) in [5, 5.41) is 18.9. The number of nitrogens with zero attached hydrogens (tertiary/aromatic N) is 3. The highest BCUT2D eigenvalue weighted by Gasteiger charge is 2.52. The zero-order valence-corrected chi connectivity index (χ0v) is 44.6. The van der Waals surface area contributed by atoms with Crippen LogP contribution in [-0.2, 0) is 10.8 Å². The van der Waals surface area contributed by atoms with Gasteiger partial charge in [-0.1, -0.05) is 176 Å². The average Bonchev–Trinajstić information content (AvgIpc) is 2.68. The molecular weight excluding hydrogens is 1020 g/mol. The first kappa shape index (κ1) is 46.3. The summed E-state index contributed by atoms with van der Waals surface area (Å²) in [6.07, 6.45) is 0. The van der Waals surface area contributed by atoms with Crippen LogP contribution in [0.1, 0.15) is 50.1 Å². The number of ether oxygens (including phenoxy) is 2. The average molecular weight is 1070 g/mol. The van der Waals surface area contributed by atoms with Gasteiger partial charge in [-0.05, 0) is 146 Å². The molecule has 0 N–H and O–H groups in total. The summed E-state index contributed by atoms with van der Waals surface area (Å²) in [5.74, 6) is 4.78. The van der Waals surface area contributed by atoms with E-state index in [1.165, 1.54) is 44.5 Å². The molecule has 4 aliphatic rings. The maximum atomic E-state index is 9.36. The predicted molar refractivity (Wildman–Crippen MR) is 324 cm³/mol. The van der Waals surface area contributed by atoms with E-state index >= 15 is 0 Å². The van der Waals surface area contributed by atoms with Crippen molar-refractivity contribution >= 4 is 11.3 Å². The minimum atomic E-state index is -0.617. The molecule has 0 atom stereocenters. The van der Waals surface area contributed by atoms with Crippen LogP contribution in [-0.4, -0.2) is 10.2 Å². The van der Waals surface area contributed by atoms with Gasteiger partial charge in [0.15, 0.2) is 0 Å². The fraction of sp³-hybridized carbons (Fsp3) is 0.0267. The summed E-state index contributed by atoms with van der Waals surface area (Å²) in [6.45, 7) is 0. The summed E-state index contributed by atoms with van der Waals surface area (Å²) in [6, 6.07) is 94.2. The Bertz CT molecular complexity index is 4740. The zero-order chi connectivity index (χ0) is 54.1. The Morgan fingerprint density at radius 3 is 1.30 bits per heavy atom. The smallest absolute Gasteiger partial charge is 0.134 e. The van der Waals surface area contributed by atoms with Crippen molar-refractivity contribution in [3.8, 4) is 117 Å². The summed E-state index contributed by atoms with van der Waals surface area (Å²) < 4.78 is 20.4. The van der Waals surface area contributed by atoms with Gasteiger partial charge in [0.1, 0.15) is 40.2 Å². The van der Waals surface area contributed by atoms with Crippen LogP contribution in [0.4, 0.5) is 0 Å². The standard InChI is InChI=1S/C75H43N3O3S/c76-44-45-21-23-48(24-22-45)66-37-38-67(79-66)50-30-33-62-70(42-50)81-69-41-49(29-32-61(69)75(62)58-17-7-3-13-54(58)55-14-4-8-18-59(55)75)46-25-27-47(28-26-46)64-35-36-65(78-77-64)73-40-39-72(82-73)51-31-34-63-71(43-51)80-68-20-10-9-19-60(68)74(63)56-15-5-1-11-52(56)53-12-2-6-16-57(53)74/h1-43H. The second-order valence-corrected chi connectivity index (χ2v) is 22.5. The lowest BCUT2D eigenvalue weighted by atomic mass is 9.66. The van der Waals surface area contributed by atoms with E-state index in [9.17, 15) is 5.26 Å². The lowest BCUT2D eigenvalue weighted by Gasteiger charge is -2.39. The predicted octanol–water partition coefficient (Wildman–Crippen LogP) is 18.9. The molecule has 6 nitrogen and oxygen atoms in total. The molecule has 0 amide bonds. The number of hydrogen-bond donors (Lipinski definition) is 0. The third-order valence-electron chi connectivity index (χ3n) is 17.3. The van der Waals surface area contributed by atoms with Gasteiger partial charge in [0.25, 0.3) is 0 Å². The molecule has 2 aliphatic carbocycles. The van der Waals surface area contributed by atoms with E-state index < -0.39 is 10.8 Å². The lowest BCUT2D eigenvalue weighted by Crippen LogP contribution is -2.32. The van der Waals surface area contributed by atoms with Crippen molar-refractivity contribution in [2.45, 2.75) is 10.8 Å². The van der Waals surface area contributed by atoms with Crippen molar-refractivity contribution in [2.75, 3.05) is 0 Å². The molecular formula is C75H43N3O3S. The Balaban J connectivity index is 0.669. The number of nitriles is 1. The third kappa shape index (κ3) is 6.61. The quantitative estimate of drug-likeness (QED) is 0.165. The normalized spacial score (nSPS) is 13.7. The van der Waals surface area contributed by atoms with Crippen molar-refractivity contribution < 1.29 is 13.9 Å². The molecule has 7 heteroatoms. The van der Waals surface area contributed by atoms with Gasteiger partial charge in [-0.2, -0.15) is 5.26 Å². The largest absolute Gasteiger partial charge is 0.457 e. The summed E-state index contributed by atoms with van der Waals surface area (Å²) in [7, 11) is 0. The minimum Gasteiger partial charge on any atom is -0.457 e. The molecule has 0 radical (unpaired) electrons. The first-order valence-electron chi connectivity index (χ1n) is 27.5. The van der Waals surface area contributed by atoms with E-state index in [-0.39, 0.29) is 0 Å². The third-order valence-corrected chi connectivity index (χ3v) is 18.5. The molecule has 17 rings (SSSR count). The fourth-order valence-electron chi connectivity index (χ4n) is 13.7. The molecule has 2 aliphatic heterocycles. The molecule has 5 heterocycles. The van der Waals surface area contributed by atoms with Crippen molar-refractivity contribution in [1.82, 2.24) is 10.2 Å². The van der Waals surface area contributed by atoms with Crippen molar-refractivity contribution in [3.05, 3.63) is 311 Å². The Kier molecular flexibility index (Phi) is 9.98. The molecule has 0 bridgehead atoms. The molecule has 10 aromatic carbocycles.